The highest BCUT2D eigenvalue weighted by atomic mass is 16.5. The molecule has 0 fully saturated rings. The van der Waals surface area contributed by atoms with E-state index < -0.39 is 0 Å². The van der Waals surface area contributed by atoms with Crippen molar-refractivity contribution in [2.45, 2.75) is 19.8 Å². The van der Waals surface area contributed by atoms with Crippen LogP contribution in [0.3, 0.4) is 0 Å². The van der Waals surface area contributed by atoms with Gasteiger partial charge in [0, 0.05) is 0 Å². The highest BCUT2D eigenvalue weighted by Crippen LogP contribution is 2.20. The summed E-state index contributed by atoms with van der Waals surface area (Å²) in [5.41, 5.74) is 8.02. The highest BCUT2D eigenvalue weighted by Gasteiger charge is 2.01. The van der Waals surface area contributed by atoms with Gasteiger partial charge in [-0.2, -0.15) is 0 Å². The van der Waals surface area contributed by atoms with Gasteiger partial charge in [0.05, 0.1) is 7.11 Å². The molecule has 2 N–H and O–H groups in total. The molecule has 0 atom stereocenters. The number of methoxy groups -OCH3 is 1. The smallest absolute Gasteiger partial charge is 0.122 e. The van der Waals surface area contributed by atoms with Crippen molar-refractivity contribution in [1.29, 1.82) is 0 Å². The summed E-state index contributed by atoms with van der Waals surface area (Å²) in [4.78, 5) is 0. The van der Waals surface area contributed by atoms with E-state index in [1.807, 2.05) is 18.2 Å². The standard InChI is InChI=1S/C13H19NO/c1-11(6-5-9-14)10-12-7-3-4-8-13(12)15-2/h3-4,6-8H,5,9-10,14H2,1-2H3. The first kappa shape index (κ1) is 11.8. The Hall–Kier alpha value is -1.28. The number of nitrogens with two attached hydrogens (primary N) is 1. The molecule has 0 aliphatic carbocycles. The first-order valence-corrected chi connectivity index (χ1v) is 5.25. The zero-order valence-corrected chi connectivity index (χ0v) is 9.49. The number of rotatable bonds is 5. The lowest BCUT2D eigenvalue weighted by atomic mass is 10.0. The summed E-state index contributed by atoms with van der Waals surface area (Å²) < 4.78 is 5.30. The van der Waals surface area contributed by atoms with E-state index in [0.717, 1.165) is 18.6 Å². The number of para-hydroxylation sites is 1. The van der Waals surface area contributed by atoms with Gasteiger partial charge in [-0.25, -0.2) is 0 Å². The Morgan fingerprint density at radius 1 is 1.40 bits per heavy atom. The van der Waals surface area contributed by atoms with E-state index in [4.69, 9.17) is 10.5 Å². The van der Waals surface area contributed by atoms with Gasteiger partial charge in [0.25, 0.3) is 0 Å². The van der Waals surface area contributed by atoms with Gasteiger partial charge in [0.1, 0.15) is 5.75 Å². The summed E-state index contributed by atoms with van der Waals surface area (Å²) in [7, 11) is 1.71. The van der Waals surface area contributed by atoms with Gasteiger partial charge in [-0.1, -0.05) is 29.8 Å². The van der Waals surface area contributed by atoms with Crippen molar-refractivity contribution in [1.82, 2.24) is 0 Å². The molecule has 0 saturated carbocycles. The first-order valence-electron chi connectivity index (χ1n) is 5.25. The molecule has 0 spiro atoms. The Bertz CT molecular complexity index is 331. The minimum atomic E-state index is 0.712. The van der Waals surface area contributed by atoms with Crippen LogP contribution in [0.1, 0.15) is 18.9 Å². The Morgan fingerprint density at radius 3 is 2.80 bits per heavy atom. The fraction of sp³-hybridized carbons (Fsp3) is 0.385. The maximum atomic E-state index is 5.46. The third kappa shape index (κ3) is 3.76. The van der Waals surface area contributed by atoms with E-state index >= 15 is 0 Å². The molecule has 0 bridgehead atoms. The van der Waals surface area contributed by atoms with Crippen LogP contribution >= 0.6 is 0 Å². The minimum Gasteiger partial charge on any atom is -0.496 e. The van der Waals surface area contributed by atoms with Gasteiger partial charge in [-0.3, -0.25) is 0 Å². The first-order chi connectivity index (χ1) is 7.27. The molecule has 1 rings (SSSR count). The third-order valence-electron chi connectivity index (χ3n) is 2.32. The van der Waals surface area contributed by atoms with Crippen LogP contribution in [-0.4, -0.2) is 13.7 Å². The van der Waals surface area contributed by atoms with Crippen molar-refractivity contribution in [3.05, 3.63) is 41.5 Å². The molecule has 2 nitrogen and oxygen atoms in total. The zero-order valence-electron chi connectivity index (χ0n) is 9.49. The molecule has 82 valence electrons. The average Bonchev–Trinajstić information content (AvgIpc) is 2.27. The SMILES string of the molecule is COc1ccccc1CC(C)=CCCN. The van der Waals surface area contributed by atoms with Crippen LogP contribution in [0.2, 0.25) is 0 Å². The summed E-state index contributed by atoms with van der Waals surface area (Å²) in [6.45, 7) is 2.84. The molecule has 0 radical (unpaired) electrons. The summed E-state index contributed by atoms with van der Waals surface area (Å²) >= 11 is 0. The second kappa shape index (κ2) is 6.25. The van der Waals surface area contributed by atoms with Crippen LogP contribution in [0, 0.1) is 0 Å². The topological polar surface area (TPSA) is 35.2 Å². The molecule has 0 aromatic heterocycles. The van der Waals surface area contributed by atoms with E-state index in [0.29, 0.717) is 6.54 Å². The van der Waals surface area contributed by atoms with Crippen LogP contribution in [0.4, 0.5) is 0 Å². The van der Waals surface area contributed by atoms with Crippen molar-refractivity contribution in [2.75, 3.05) is 13.7 Å². The van der Waals surface area contributed by atoms with E-state index in [1.54, 1.807) is 7.11 Å². The normalized spacial score (nSPS) is 11.5. The van der Waals surface area contributed by atoms with Gasteiger partial charge in [-0.05, 0) is 37.9 Å². The zero-order chi connectivity index (χ0) is 11.1. The van der Waals surface area contributed by atoms with Crippen molar-refractivity contribution in [2.24, 2.45) is 5.73 Å². The monoisotopic (exact) mass is 205 g/mol. The van der Waals surface area contributed by atoms with Crippen molar-refractivity contribution in [3.8, 4) is 5.75 Å². The van der Waals surface area contributed by atoms with E-state index in [9.17, 15) is 0 Å². The van der Waals surface area contributed by atoms with Gasteiger partial charge in [0.2, 0.25) is 0 Å². The lowest BCUT2D eigenvalue weighted by Gasteiger charge is -2.08. The molecule has 0 heterocycles. The van der Waals surface area contributed by atoms with E-state index in [2.05, 4.69) is 19.1 Å². The maximum Gasteiger partial charge on any atom is 0.122 e. The second-order valence-corrected chi connectivity index (χ2v) is 3.62. The summed E-state index contributed by atoms with van der Waals surface area (Å²) in [6, 6.07) is 8.11. The Labute approximate surface area is 91.7 Å². The fourth-order valence-electron chi connectivity index (χ4n) is 1.55. The average molecular weight is 205 g/mol. The predicted molar refractivity (Wildman–Crippen MR) is 64.1 cm³/mol. The summed E-state index contributed by atoms with van der Waals surface area (Å²) in [5, 5.41) is 0. The van der Waals surface area contributed by atoms with Gasteiger partial charge >= 0.3 is 0 Å². The van der Waals surface area contributed by atoms with Crippen LogP contribution in [-0.2, 0) is 6.42 Å². The quantitative estimate of drug-likeness (QED) is 0.750. The largest absolute Gasteiger partial charge is 0.496 e. The Morgan fingerprint density at radius 2 is 2.13 bits per heavy atom. The van der Waals surface area contributed by atoms with Crippen molar-refractivity contribution < 1.29 is 4.74 Å². The molecule has 0 amide bonds. The maximum absolute atomic E-state index is 5.46. The van der Waals surface area contributed by atoms with Gasteiger partial charge in [0.15, 0.2) is 0 Å². The van der Waals surface area contributed by atoms with Gasteiger partial charge < -0.3 is 10.5 Å². The molecule has 0 aliphatic rings. The number of benzene rings is 1. The van der Waals surface area contributed by atoms with Crippen LogP contribution in [0.5, 0.6) is 5.75 Å². The number of hydrogen-bond acceptors (Lipinski definition) is 2. The molecule has 0 unspecified atom stereocenters. The molecular weight excluding hydrogens is 186 g/mol. The third-order valence-corrected chi connectivity index (χ3v) is 2.32. The van der Waals surface area contributed by atoms with Gasteiger partial charge in [-0.15, -0.1) is 0 Å². The molecule has 0 saturated heterocycles. The summed E-state index contributed by atoms with van der Waals surface area (Å²) in [5.74, 6) is 0.956. The molecule has 1 aromatic rings. The highest BCUT2D eigenvalue weighted by molar-refractivity contribution is 5.35. The van der Waals surface area contributed by atoms with Crippen LogP contribution in [0.15, 0.2) is 35.9 Å². The van der Waals surface area contributed by atoms with E-state index in [1.165, 1.54) is 11.1 Å². The fourth-order valence-corrected chi connectivity index (χ4v) is 1.55. The van der Waals surface area contributed by atoms with Crippen LogP contribution < -0.4 is 10.5 Å². The van der Waals surface area contributed by atoms with E-state index in [-0.39, 0.29) is 0 Å². The summed E-state index contributed by atoms with van der Waals surface area (Å²) in [6.07, 6.45) is 4.07. The minimum absolute atomic E-state index is 0.712. The molecule has 1 aromatic carbocycles. The molecule has 2 heteroatoms. The Kier molecular flexibility index (Phi) is 4.91. The number of hydrogen-bond donors (Lipinski definition) is 1. The molecular formula is C13H19NO. The molecule has 15 heavy (non-hydrogen) atoms. The van der Waals surface area contributed by atoms with Crippen LogP contribution in [0.25, 0.3) is 0 Å². The lowest BCUT2D eigenvalue weighted by Crippen LogP contribution is -1.97. The van der Waals surface area contributed by atoms with Crippen molar-refractivity contribution >= 4 is 0 Å². The molecule has 0 aliphatic heterocycles. The Balaban J connectivity index is 2.71. The number of allylic oxidation sites excluding steroid dienone is 1. The second-order valence-electron chi connectivity index (χ2n) is 3.62. The van der Waals surface area contributed by atoms with Crippen molar-refractivity contribution in [3.63, 3.8) is 0 Å². The number of ether oxygens (including phenoxy) is 1. The predicted octanol–water partition coefficient (Wildman–Crippen LogP) is 2.53. The lowest BCUT2D eigenvalue weighted by molar-refractivity contribution is 0.410.